The predicted octanol–water partition coefficient (Wildman–Crippen LogP) is 1.21. The summed E-state index contributed by atoms with van der Waals surface area (Å²) in [4.78, 5) is 30.8. The van der Waals surface area contributed by atoms with E-state index < -0.39 is 0 Å². The van der Waals surface area contributed by atoms with E-state index in [4.69, 9.17) is 14.2 Å². The molecule has 2 aliphatic heterocycles. The summed E-state index contributed by atoms with van der Waals surface area (Å²) in [6.45, 7) is 3.59. The Bertz CT molecular complexity index is 811. The summed E-state index contributed by atoms with van der Waals surface area (Å²) >= 11 is 1.56. The Balaban J connectivity index is 1.55. The quantitative estimate of drug-likeness (QED) is 0.733. The number of carbonyl (C=O) groups excluding carboxylic acids is 1. The lowest BCUT2D eigenvalue weighted by Gasteiger charge is -2.31. The first kappa shape index (κ1) is 18.9. The average molecular weight is 405 g/mol. The molecule has 0 unspecified atom stereocenters. The van der Waals surface area contributed by atoms with Gasteiger partial charge in [0.25, 0.3) is 0 Å². The molecule has 0 saturated carbocycles. The molecule has 0 aromatic carbocycles. The molecule has 4 heterocycles. The van der Waals surface area contributed by atoms with Crippen LogP contribution in [-0.4, -0.2) is 72.8 Å². The van der Waals surface area contributed by atoms with Crippen LogP contribution in [0, 0.1) is 5.41 Å². The molecule has 9 nitrogen and oxygen atoms in total. The van der Waals surface area contributed by atoms with Crippen LogP contribution in [0.4, 0.5) is 5.95 Å². The van der Waals surface area contributed by atoms with E-state index in [1.54, 1.807) is 37.1 Å². The van der Waals surface area contributed by atoms with Gasteiger partial charge < -0.3 is 24.0 Å². The molecule has 2 fully saturated rings. The molecule has 10 heteroatoms. The van der Waals surface area contributed by atoms with E-state index in [-0.39, 0.29) is 11.3 Å². The summed E-state index contributed by atoms with van der Waals surface area (Å²) in [5.41, 5.74) is 1.49. The van der Waals surface area contributed by atoms with E-state index in [2.05, 4.69) is 19.9 Å². The van der Waals surface area contributed by atoms with Gasteiger partial charge in [0.2, 0.25) is 23.6 Å². The maximum absolute atomic E-state index is 12.7. The van der Waals surface area contributed by atoms with Gasteiger partial charge in [-0.25, -0.2) is 0 Å². The molecule has 2 aromatic rings. The first-order valence-corrected chi connectivity index (χ1v) is 9.94. The fourth-order valence-electron chi connectivity index (χ4n) is 3.74. The highest BCUT2D eigenvalue weighted by Crippen LogP contribution is 2.36. The molecule has 4 rings (SSSR count). The number of anilines is 1. The third-order valence-electron chi connectivity index (χ3n) is 5.04. The van der Waals surface area contributed by atoms with Gasteiger partial charge >= 0.3 is 0 Å². The molecule has 1 atom stereocenters. The Hall–Kier alpha value is -2.46. The van der Waals surface area contributed by atoms with Gasteiger partial charge in [0, 0.05) is 42.5 Å². The highest BCUT2D eigenvalue weighted by molar-refractivity contribution is 7.09. The second-order valence-corrected chi connectivity index (χ2v) is 8.09. The number of nitrogens with zero attached hydrogens (tertiary/aromatic N) is 5. The fourth-order valence-corrected chi connectivity index (χ4v) is 4.35. The van der Waals surface area contributed by atoms with Crippen molar-refractivity contribution in [2.24, 2.45) is 5.41 Å². The van der Waals surface area contributed by atoms with Crippen LogP contribution >= 0.6 is 11.3 Å². The van der Waals surface area contributed by atoms with Crippen molar-refractivity contribution in [3.05, 3.63) is 22.7 Å². The maximum Gasteiger partial charge on any atom is 0.232 e. The second-order valence-electron chi connectivity index (χ2n) is 7.12. The predicted molar refractivity (Wildman–Crippen MR) is 103 cm³/mol. The summed E-state index contributed by atoms with van der Waals surface area (Å²) in [6.07, 6.45) is 2.26. The first-order chi connectivity index (χ1) is 13.6. The Morgan fingerprint density at radius 3 is 2.71 bits per heavy atom. The van der Waals surface area contributed by atoms with Crippen LogP contribution < -0.4 is 14.4 Å². The smallest absolute Gasteiger partial charge is 0.232 e. The number of carbonyl (C=O) groups is 1. The van der Waals surface area contributed by atoms with E-state index >= 15 is 0 Å². The molecule has 2 aromatic heterocycles. The SMILES string of the molecule is COc1cc(OC)nc(N2CCOC[C@@]3(CC(=O)N(Cc4cncs4)C3)C2)n1. The van der Waals surface area contributed by atoms with Crippen LogP contribution in [0.25, 0.3) is 0 Å². The van der Waals surface area contributed by atoms with Crippen LogP contribution in [0.5, 0.6) is 11.8 Å². The minimum Gasteiger partial charge on any atom is -0.481 e. The molecule has 2 aliphatic rings. The zero-order chi connectivity index (χ0) is 19.6. The summed E-state index contributed by atoms with van der Waals surface area (Å²) < 4.78 is 16.4. The van der Waals surface area contributed by atoms with Crippen molar-refractivity contribution in [3.63, 3.8) is 0 Å². The lowest BCUT2D eigenvalue weighted by Crippen LogP contribution is -2.41. The van der Waals surface area contributed by atoms with Crippen LogP contribution in [0.1, 0.15) is 11.3 Å². The first-order valence-electron chi connectivity index (χ1n) is 9.06. The normalized spacial score (nSPS) is 22.6. The second kappa shape index (κ2) is 7.88. The van der Waals surface area contributed by atoms with Crippen molar-refractivity contribution in [2.45, 2.75) is 13.0 Å². The minimum atomic E-state index is -0.294. The Morgan fingerprint density at radius 1 is 1.25 bits per heavy atom. The summed E-state index contributed by atoms with van der Waals surface area (Å²) in [7, 11) is 3.12. The maximum atomic E-state index is 12.7. The number of ether oxygens (including phenoxy) is 3. The summed E-state index contributed by atoms with van der Waals surface area (Å²) in [6, 6.07) is 1.64. The van der Waals surface area contributed by atoms with E-state index in [0.29, 0.717) is 63.5 Å². The highest BCUT2D eigenvalue weighted by atomic mass is 32.1. The van der Waals surface area contributed by atoms with Crippen molar-refractivity contribution in [2.75, 3.05) is 52.0 Å². The molecule has 1 amide bonds. The number of amides is 1. The molecule has 0 radical (unpaired) electrons. The third-order valence-corrected chi connectivity index (χ3v) is 5.81. The highest BCUT2D eigenvalue weighted by Gasteiger charge is 2.46. The number of thiazole rings is 1. The number of methoxy groups -OCH3 is 2. The van der Waals surface area contributed by atoms with Crippen LogP contribution in [-0.2, 0) is 16.1 Å². The monoisotopic (exact) mass is 405 g/mol. The van der Waals surface area contributed by atoms with Crippen molar-refractivity contribution in [1.82, 2.24) is 19.9 Å². The molecule has 150 valence electrons. The average Bonchev–Trinajstić information content (AvgIpc) is 3.26. The van der Waals surface area contributed by atoms with Crippen LogP contribution in [0.15, 0.2) is 17.8 Å². The molecule has 0 bridgehead atoms. The van der Waals surface area contributed by atoms with Gasteiger partial charge in [0.05, 0.1) is 45.6 Å². The van der Waals surface area contributed by atoms with Gasteiger partial charge in [-0.05, 0) is 0 Å². The number of likely N-dealkylation sites (tertiary alicyclic amines) is 1. The number of hydrogen-bond donors (Lipinski definition) is 0. The van der Waals surface area contributed by atoms with Gasteiger partial charge in [0.1, 0.15) is 0 Å². The van der Waals surface area contributed by atoms with Crippen molar-refractivity contribution in [1.29, 1.82) is 0 Å². The van der Waals surface area contributed by atoms with Crippen LogP contribution in [0.2, 0.25) is 0 Å². The standard InChI is InChI=1S/C18H23N5O4S/c1-25-14-5-15(26-2)21-17(20-14)22-3-4-27-11-18(9-22)6-16(24)23(10-18)8-13-7-19-12-28-13/h5,7,12H,3-4,6,8-11H2,1-2H3/t18-/m0/s1. The molecule has 28 heavy (non-hydrogen) atoms. The minimum absolute atomic E-state index is 0.142. The lowest BCUT2D eigenvalue weighted by atomic mass is 9.87. The van der Waals surface area contributed by atoms with Crippen molar-refractivity contribution >= 4 is 23.2 Å². The van der Waals surface area contributed by atoms with Gasteiger partial charge in [-0.1, -0.05) is 0 Å². The fraction of sp³-hybridized carbons (Fsp3) is 0.556. The van der Waals surface area contributed by atoms with Gasteiger partial charge in [-0.3, -0.25) is 9.78 Å². The van der Waals surface area contributed by atoms with Gasteiger partial charge in [0.15, 0.2) is 0 Å². The van der Waals surface area contributed by atoms with Crippen molar-refractivity contribution < 1.29 is 19.0 Å². The molecule has 0 aliphatic carbocycles. The van der Waals surface area contributed by atoms with E-state index in [1.807, 2.05) is 11.1 Å². The molecular weight excluding hydrogens is 382 g/mol. The largest absolute Gasteiger partial charge is 0.481 e. The molecule has 1 spiro atoms. The third kappa shape index (κ3) is 3.88. The Kier molecular flexibility index (Phi) is 5.31. The Morgan fingerprint density at radius 2 is 2.04 bits per heavy atom. The van der Waals surface area contributed by atoms with Crippen LogP contribution in [0.3, 0.4) is 0 Å². The van der Waals surface area contributed by atoms with E-state index in [0.717, 1.165) is 4.88 Å². The topological polar surface area (TPSA) is 89.9 Å². The molecular formula is C18H23N5O4S. The lowest BCUT2D eigenvalue weighted by molar-refractivity contribution is -0.128. The molecule has 0 N–H and O–H groups in total. The summed E-state index contributed by atoms with van der Waals surface area (Å²) in [5, 5.41) is 0. The molecule has 2 saturated heterocycles. The van der Waals surface area contributed by atoms with Crippen molar-refractivity contribution in [3.8, 4) is 11.8 Å². The zero-order valence-electron chi connectivity index (χ0n) is 16.0. The van der Waals surface area contributed by atoms with E-state index in [9.17, 15) is 4.79 Å². The number of rotatable bonds is 5. The Labute approximate surface area is 167 Å². The number of aromatic nitrogens is 3. The number of hydrogen-bond acceptors (Lipinski definition) is 9. The van der Waals surface area contributed by atoms with E-state index in [1.165, 1.54) is 0 Å². The van der Waals surface area contributed by atoms with Gasteiger partial charge in [-0.15, -0.1) is 11.3 Å². The zero-order valence-corrected chi connectivity index (χ0v) is 16.8. The van der Waals surface area contributed by atoms with Gasteiger partial charge in [-0.2, -0.15) is 9.97 Å². The summed E-state index contributed by atoms with van der Waals surface area (Å²) in [5.74, 6) is 1.54.